The lowest BCUT2D eigenvalue weighted by molar-refractivity contribution is -0.137. The summed E-state index contributed by atoms with van der Waals surface area (Å²) in [7, 11) is 0. The molecular weight excluding hydrogens is 383 g/mol. The van der Waals surface area contributed by atoms with Crippen molar-refractivity contribution in [1.29, 1.82) is 0 Å². The number of hydrogen-bond donors (Lipinski definition) is 1. The summed E-state index contributed by atoms with van der Waals surface area (Å²) >= 11 is 3.37. The van der Waals surface area contributed by atoms with Crippen molar-refractivity contribution in [3.63, 3.8) is 0 Å². The van der Waals surface area contributed by atoms with Crippen molar-refractivity contribution in [2.24, 2.45) is 40.9 Å². The van der Waals surface area contributed by atoms with Gasteiger partial charge in [-0.1, -0.05) is 22.9 Å². The third kappa shape index (κ3) is 2.85. The van der Waals surface area contributed by atoms with E-state index in [0.717, 1.165) is 38.5 Å². The second kappa shape index (κ2) is 6.29. The Morgan fingerprint density at radius 3 is 2.48 bits per heavy atom. The van der Waals surface area contributed by atoms with Gasteiger partial charge in [0, 0.05) is 5.92 Å². The standard InChI is InChI=1S/C21H32BrFO2/c1-20(25)7-5-13-12-6-8-21(2)16(3-4-17(21)19(24)11-22)14(12)9-18(23)15(13)10-20/h12-18,25H,3-11H2,1-2H3/t12?,13-,14-,15?,16?,17-,18-,20-,21+/m1/s1. The first-order valence-corrected chi connectivity index (χ1v) is 11.3. The van der Waals surface area contributed by atoms with Gasteiger partial charge in [0.1, 0.15) is 12.0 Å². The SMILES string of the molecule is C[C@@]1(O)CC[C@@H]2C3CC[C@@]4(C)C(CC[C@@H]4C(=O)CBr)[C@@H]3C[C@@H](F)C2C1. The maximum Gasteiger partial charge on any atom is 0.147 e. The van der Waals surface area contributed by atoms with Gasteiger partial charge in [-0.2, -0.15) is 0 Å². The molecule has 0 aromatic carbocycles. The summed E-state index contributed by atoms with van der Waals surface area (Å²) in [6, 6.07) is 0. The molecule has 0 heterocycles. The van der Waals surface area contributed by atoms with Gasteiger partial charge in [0.15, 0.2) is 0 Å². The lowest BCUT2D eigenvalue weighted by atomic mass is 9.48. The Morgan fingerprint density at radius 1 is 1.08 bits per heavy atom. The fraction of sp³-hybridized carbons (Fsp3) is 0.952. The van der Waals surface area contributed by atoms with E-state index in [9.17, 15) is 9.90 Å². The normalized spacial score (nSPS) is 55.2. The summed E-state index contributed by atoms with van der Waals surface area (Å²) in [6.07, 6.45) is 6.69. The van der Waals surface area contributed by atoms with Crippen LogP contribution in [0.5, 0.6) is 0 Å². The predicted molar refractivity (Wildman–Crippen MR) is 100 cm³/mol. The number of carbonyl (C=O) groups is 1. The van der Waals surface area contributed by atoms with Crippen molar-refractivity contribution in [2.75, 3.05) is 5.33 Å². The number of alkyl halides is 2. The van der Waals surface area contributed by atoms with E-state index in [2.05, 4.69) is 22.9 Å². The van der Waals surface area contributed by atoms with Crippen LogP contribution in [0.25, 0.3) is 0 Å². The number of ketones is 1. The minimum atomic E-state index is -0.772. The van der Waals surface area contributed by atoms with Crippen LogP contribution in [0.15, 0.2) is 0 Å². The topological polar surface area (TPSA) is 37.3 Å². The zero-order chi connectivity index (χ0) is 18.0. The van der Waals surface area contributed by atoms with Crippen molar-refractivity contribution in [2.45, 2.75) is 77.0 Å². The van der Waals surface area contributed by atoms with Crippen LogP contribution in [0.3, 0.4) is 0 Å². The Morgan fingerprint density at radius 2 is 1.76 bits per heavy atom. The number of aliphatic hydroxyl groups is 1. The van der Waals surface area contributed by atoms with E-state index < -0.39 is 11.8 Å². The number of hydrogen-bond acceptors (Lipinski definition) is 2. The molecule has 0 aromatic heterocycles. The largest absolute Gasteiger partial charge is 0.390 e. The van der Waals surface area contributed by atoms with Crippen LogP contribution in [0.2, 0.25) is 0 Å². The van der Waals surface area contributed by atoms with Crippen LogP contribution >= 0.6 is 15.9 Å². The number of fused-ring (bicyclic) bond motifs is 5. The van der Waals surface area contributed by atoms with Crippen molar-refractivity contribution in [3.05, 3.63) is 0 Å². The van der Waals surface area contributed by atoms with Crippen LogP contribution in [-0.2, 0) is 4.79 Å². The summed E-state index contributed by atoms with van der Waals surface area (Å²) in [5, 5.41) is 10.9. The molecule has 4 fully saturated rings. The molecule has 0 saturated heterocycles. The summed E-state index contributed by atoms with van der Waals surface area (Å²) in [5.74, 6) is 2.60. The molecule has 4 saturated carbocycles. The number of halogens is 2. The first kappa shape index (κ1) is 18.4. The van der Waals surface area contributed by atoms with Crippen LogP contribution in [0, 0.1) is 40.9 Å². The fourth-order valence-corrected chi connectivity index (χ4v) is 8.02. The van der Waals surface area contributed by atoms with Gasteiger partial charge >= 0.3 is 0 Å². The van der Waals surface area contributed by atoms with E-state index in [1.54, 1.807) is 0 Å². The molecule has 4 aliphatic carbocycles. The van der Waals surface area contributed by atoms with Crippen LogP contribution < -0.4 is 0 Å². The molecule has 0 amide bonds. The quantitative estimate of drug-likeness (QED) is 0.651. The Balaban J connectivity index is 1.58. The predicted octanol–water partition coefficient (Wildman–Crippen LogP) is 4.92. The van der Waals surface area contributed by atoms with Gasteiger partial charge in [-0.25, -0.2) is 4.39 Å². The summed E-state index contributed by atoms with van der Waals surface area (Å²) in [6.45, 7) is 4.20. The molecule has 3 unspecified atom stereocenters. The van der Waals surface area contributed by atoms with E-state index in [4.69, 9.17) is 0 Å². The van der Waals surface area contributed by atoms with Gasteiger partial charge in [-0.15, -0.1) is 0 Å². The molecule has 4 heteroatoms. The molecule has 0 spiro atoms. The Hall–Kier alpha value is 0.0400. The molecule has 25 heavy (non-hydrogen) atoms. The lowest BCUT2D eigenvalue weighted by Gasteiger charge is -2.57. The molecule has 0 bridgehead atoms. The molecular formula is C21H32BrFO2. The minimum absolute atomic E-state index is 0.0516. The minimum Gasteiger partial charge on any atom is -0.390 e. The van der Waals surface area contributed by atoms with Crippen molar-refractivity contribution in [3.8, 4) is 0 Å². The highest BCUT2D eigenvalue weighted by Crippen LogP contribution is 2.65. The lowest BCUT2D eigenvalue weighted by Crippen LogP contribution is -2.54. The van der Waals surface area contributed by atoms with E-state index in [0.29, 0.717) is 47.6 Å². The Bertz CT molecular complexity index is 550. The van der Waals surface area contributed by atoms with Crippen LogP contribution in [0.4, 0.5) is 4.39 Å². The smallest absolute Gasteiger partial charge is 0.147 e. The average Bonchev–Trinajstić information content (AvgIpc) is 2.91. The van der Waals surface area contributed by atoms with Crippen molar-refractivity contribution < 1.29 is 14.3 Å². The molecule has 9 atom stereocenters. The highest BCUT2D eigenvalue weighted by atomic mass is 79.9. The van der Waals surface area contributed by atoms with Crippen molar-refractivity contribution in [1.82, 2.24) is 0 Å². The zero-order valence-corrected chi connectivity index (χ0v) is 17.1. The van der Waals surface area contributed by atoms with Crippen LogP contribution in [-0.4, -0.2) is 28.0 Å². The summed E-state index contributed by atoms with van der Waals surface area (Å²) in [4.78, 5) is 12.4. The molecule has 0 aromatic rings. The van der Waals surface area contributed by atoms with Crippen molar-refractivity contribution >= 4 is 21.7 Å². The average molecular weight is 415 g/mol. The molecule has 0 aliphatic heterocycles. The maximum atomic E-state index is 15.2. The number of rotatable bonds is 2. The third-order valence-corrected chi connectivity index (χ3v) is 9.32. The van der Waals surface area contributed by atoms with E-state index in [1.165, 1.54) is 0 Å². The van der Waals surface area contributed by atoms with E-state index in [1.807, 2.05) is 6.92 Å². The Kier molecular flexibility index (Phi) is 4.63. The fourth-order valence-electron chi connectivity index (χ4n) is 7.62. The van der Waals surface area contributed by atoms with Gasteiger partial charge in [-0.05, 0) is 93.3 Å². The van der Waals surface area contributed by atoms with E-state index in [-0.39, 0.29) is 17.3 Å². The number of carbonyl (C=O) groups excluding carboxylic acids is 1. The van der Waals surface area contributed by atoms with Gasteiger partial charge in [0.25, 0.3) is 0 Å². The highest BCUT2D eigenvalue weighted by molar-refractivity contribution is 9.09. The summed E-state index contributed by atoms with van der Waals surface area (Å²) in [5.41, 5.74) is -0.596. The molecule has 1 N–H and O–H groups in total. The third-order valence-electron chi connectivity index (χ3n) is 8.77. The molecule has 4 aliphatic rings. The molecule has 142 valence electrons. The van der Waals surface area contributed by atoms with E-state index >= 15 is 4.39 Å². The maximum absolute atomic E-state index is 15.2. The van der Waals surface area contributed by atoms with Crippen LogP contribution in [0.1, 0.15) is 65.2 Å². The molecule has 0 radical (unpaired) electrons. The van der Waals surface area contributed by atoms with Gasteiger partial charge < -0.3 is 5.11 Å². The van der Waals surface area contributed by atoms with Gasteiger partial charge in [0.2, 0.25) is 0 Å². The first-order valence-electron chi connectivity index (χ1n) is 10.2. The van der Waals surface area contributed by atoms with Gasteiger partial charge in [-0.3, -0.25) is 4.79 Å². The number of Topliss-reactive ketones (excluding diaryl/α,β-unsaturated/α-hetero) is 1. The summed E-state index contributed by atoms with van der Waals surface area (Å²) < 4.78 is 15.2. The van der Waals surface area contributed by atoms with Gasteiger partial charge in [0.05, 0.1) is 10.9 Å². The second-order valence-electron chi connectivity index (χ2n) is 10.0. The zero-order valence-electron chi connectivity index (χ0n) is 15.5. The monoisotopic (exact) mass is 414 g/mol. The molecule has 4 rings (SSSR count). The Labute approximate surface area is 159 Å². The molecule has 2 nitrogen and oxygen atoms in total. The first-order chi connectivity index (χ1) is 11.8. The highest BCUT2D eigenvalue weighted by Gasteiger charge is 2.60. The second-order valence-corrected chi connectivity index (χ2v) is 10.6.